The first kappa shape index (κ1) is 16.4. The molecule has 1 aliphatic rings. The van der Waals surface area contributed by atoms with Crippen molar-refractivity contribution in [2.45, 2.75) is 26.2 Å². The van der Waals surface area contributed by atoms with Crippen molar-refractivity contribution in [3.63, 3.8) is 0 Å². The van der Waals surface area contributed by atoms with Gasteiger partial charge in [-0.25, -0.2) is 0 Å². The summed E-state index contributed by atoms with van der Waals surface area (Å²) >= 11 is 0. The molecule has 0 amide bonds. The summed E-state index contributed by atoms with van der Waals surface area (Å²) in [5.74, 6) is 0. The fraction of sp³-hybridized carbons (Fsp3) is 0.421. The first-order chi connectivity index (χ1) is 11.5. The van der Waals surface area contributed by atoms with Gasteiger partial charge in [0.05, 0.1) is 36.1 Å². The van der Waals surface area contributed by atoms with E-state index in [9.17, 15) is 5.26 Å². The van der Waals surface area contributed by atoms with Gasteiger partial charge in [0.25, 0.3) is 0 Å². The number of rotatable bonds is 3. The van der Waals surface area contributed by atoms with E-state index in [1.165, 1.54) is 0 Å². The van der Waals surface area contributed by atoms with Crippen molar-refractivity contribution >= 4 is 5.69 Å². The summed E-state index contributed by atoms with van der Waals surface area (Å²) in [7, 11) is 0. The average molecular weight is 322 g/mol. The number of nitriles is 1. The second-order valence-corrected chi connectivity index (χ2v) is 6.56. The third-order valence-corrected chi connectivity index (χ3v) is 4.41. The Bertz CT molecular complexity index is 773. The molecule has 0 N–H and O–H groups in total. The maximum atomic E-state index is 9.56. The number of nitrogens with zero attached hydrogens (tertiary/aromatic N) is 4. The molecule has 2 aromatic heterocycles. The Balaban J connectivity index is 2.12. The number of morpholine rings is 1. The lowest BCUT2D eigenvalue weighted by Gasteiger charge is -2.32. The quantitative estimate of drug-likeness (QED) is 0.869. The first-order valence-electron chi connectivity index (χ1n) is 8.19. The number of aromatic nitrogens is 2. The monoisotopic (exact) mass is 322 g/mol. The van der Waals surface area contributed by atoms with Crippen molar-refractivity contribution in [2.24, 2.45) is 0 Å². The molecule has 5 heteroatoms. The first-order valence-corrected chi connectivity index (χ1v) is 8.19. The lowest BCUT2D eigenvalue weighted by molar-refractivity contribution is 0.122. The minimum atomic E-state index is -0.643. The molecule has 0 unspecified atom stereocenters. The Morgan fingerprint density at radius 2 is 2.00 bits per heavy atom. The fourth-order valence-electron chi connectivity index (χ4n) is 2.97. The van der Waals surface area contributed by atoms with Crippen molar-refractivity contribution < 1.29 is 4.74 Å². The predicted octanol–water partition coefficient (Wildman–Crippen LogP) is 3.09. The van der Waals surface area contributed by atoms with Crippen LogP contribution in [0.5, 0.6) is 0 Å². The molecule has 0 bridgehead atoms. The zero-order chi connectivity index (χ0) is 17.2. The minimum Gasteiger partial charge on any atom is -0.378 e. The van der Waals surface area contributed by atoms with Crippen LogP contribution in [-0.2, 0) is 10.2 Å². The van der Waals surface area contributed by atoms with E-state index in [-0.39, 0.29) is 0 Å². The van der Waals surface area contributed by atoms with Gasteiger partial charge >= 0.3 is 0 Å². The molecule has 0 radical (unpaired) electrons. The summed E-state index contributed by atoms with van der Waals surface area (Å²) in [4.78, 5) is 11.3. The number of pyridine rings is 2. The van der Waals surface area contributed by atoms with E-state index in [0.717, 1.165) is 41.3 Å². The smallest absolute Gasteiger partial charge is 0.0958 e. The Labute approximate surface area is 142 Å². The van der Waals surface area contributed by atoms with Gasteiger partial charge in [-0.2, -0.15) is 5.26 Å². The van der Waals surface area contributed by atoms with Crippen molar-refractivity contribution in [1.82, 2.24) is 9.97 Å². The molecule has 1 fully saturated rings. The highest BCUT2D eigenvalue weighted by atomic mass is 16.5. The highest BCUT2D eigenvalue weighted by Crippen LogP contribution is 2.34. The molecular weight excluding hydrogens is 300 g/mol. The second-order valence-electron chi connectivity index (χ2n) is 6.56. The van der Waals surface area contributed by atoms with Gasteiger partial charge in [0.15, 0.2) is 0 Å². The summed E-state index contributed by atoms with van der Waals surface area (Å²) in [5, 5.41) is 9.56. The number of anilines is 1. The molecular formula is C19H22N4O. The molecule has 2 aromatic rings. The summed E-state index contributed by atoms with van der Waals surface area (Å²) in [6, 6.07) is 8.50. The molecule has 0 spiro atoms. The van der Waals surface area contributed by atoms with Gasteiger partial charge in [-0.05, 0) is 32.9 Å². The molecule has 0 aromatic carbocycles. The van der Waals surface area contributed by atoms with Crippen LogP contribution in [0.4, 0.5) is 5.69 Å². The van der Waals surface area contributed by atoms with Gasteiger partial charge in [-0.1, -0.05) is 6.07 Å². The molecule has 24 heavy (non-hydrogen) atoms. The Morgan fingerprint density at radius 3 is 2.67 bits per heavy atom. The van der Waals surface area contributed by atoms with Crippen LogP contribution in [0, 0.1) is 18.3 Å². The molecule has 3 heterocycles. The molecule has 1 saturated heterocycles. The van der Waals surface area contributed by atoms with Crippen LogP contribution in [0.25, 0.3) is 11.1 Å². The van der Waals surface area contributed by atoms with Gasteiger partial charge < -0.3 is 9.64 Å². The van der Waals surface area contributed by atoms with Gasteiger partial charge in [-0.3, -0.25) is 9.97 Å². The summed E-state index contributed by atoms with van der Waals surface area (Å²) in [6.45, 7) is 8.84. The van der Waals surface area contributed by atoms with Gasteiger partial charge in [0, 0.05) is 42.3 Å². The second kappa shape index (κ2) is 6.58. The summed E-state index contributed by atoms with van der Waals surface area (Å²) in [5.41, 5.74) is 4.26. The van der Waals surface area contributed by atoms with Crippen molar-refractivity contribution in [3.8, 4) is 17.2 Å². The van der Waals surface area contributed by atoms with Crippen LogP contribution in [0.15, 0.2) is 30.6 Å². The van der Waals surface area contributed by atoms with E-state index in [0.29, 0.717) is 13.2 Å². The van der Waals surface area contributed by atoms with E-state index in [1.807, 2.05) is 33.0 Å². The molecule has 1 aliphatic heterocycles. The topological polar surface area (TPSA) is 62.0 Å². The highest BCUT2D eigenvalue weighted by Gasteiger charge is 2.28. The van der Waals surface area contributed by atoms with Crippen molar-refractivity contribution in [3.05, 3.63) is 42.0 Å². The van der Waals surface area contributed by atoms with Crippen LogP contribution >= 0.6 is 0 Å². The Kier molecular flexibility index (Phi) is 4.50. The van der Waals surface area contributed by atoms with Crippen LogP contribution in [0.3, 0.4) is 0 Å². The minimum absolute atomic E-state index is 0.643. The normalized spacial score (nSPS) is 15.2. The maximum absolute atomic E-state index is 9.56. The standard InChI is InChI=1S/C19H22N4O/c1-14-16(5-4-6-21-14)15-11-17(23-7-9-24-10-8-23)18(22-12-15)19(2,3)13-20/h4-6,11-12H,7-10H2,1-3H3. The predicted molar refractivity (Wildman–Crippen MR) is 93.9 cm³/mol. The lowest BCUT2D eigenvalue weighted by Crippen LogP contribution is -2.38. The number of ether oxygens (including phenoxy) is 1. The van der Waals surface area contributed by atoms with Crippen LogP contribution in [0.2, 0.25) is 0 Å². The molecule has 5 nitrogen and oxygen atoms in total. The molecule has 0 aliphatic carbocycles. The van der Waals surface area contributed by atoms with E-state index >= 15 is 0 Å². The summed E-state index contributed by atoms with van der Waals surface area (Å²) < 4.78 is 5.47. The lowest BCUT2D eigenvalue weighted by atomic mass is 9.88. The largest absolute Gasteiger partial charge is 0.378 e. The highest BCUT2D eigenvalue weighted by molar-refractivity contribution is 5.71. The van der Waals surface area contributed by atoms with Gasteiger partial charge in [0.1, 0.15) is 0 Å². The summed E-state index contributed by atoms with van der Waals surface area (Å²) in [6.07, 6.45) is 3.64. The van der Waals surface area contributed by atoms with E-state index in [2.05, 4.69) is 33.1 Å². The van der Waals surface area contributed by atoms with E-state index in [1.54, 1.807) is 6.20 Å². The molecule has 0 atom stereocenters. The van der Waals surface area contributed by atoms with Crippen LogP contribution in [-0.4, -0.2) is 36.3 Å². The van der Waals surface area contributed by atoms with Gasteiger partial charge in [-0.15, -0.1) is 0 Å². The van der Waals surface area contributed by atoms with Gasteiger partial charge in [0.2, 0.25) is 0 Å². The zero-order valence-electron chi connectivity index (χ0n) is 14.4. The third kappa shape index (κ3) is 3.10. The van der Waals surface area contributed by atoms with Crippen LogP contribution < -0.4 is 4.90 Å². The number of aryl methyl sites for hydroxylation is 1. The Hall–Kier alpha value is -2.45. The third-order valence-electron chi connectivity index (χ3n) is 4.41. The number of hydrogen-bond acceptors (Lipinski definition) is 5. The Morgan fingerprint density at radius 1 is 1.25 bits per heavy atom. The molecule has 3 rings (SSSR count). The van der Waals surface area contributed by atoms with Crippen molar-refractivity contribution in [1.29, 1.82) is 5.26 Å². The van der Waals surface area contributed by atoms with Crippen molar-refractivity contribution in [2.75, 3.05) is 31.2 Å². The number of hydrogen-bond donors (Lipinski definition) is 0. The van der Waals surface area contributed by atoms with E-state index in [4.69, 9.17) is 4.74 Å². The SMILES string of the molecule is Cc1ncccc1-c1cnc(C(C)(C)C#N)c(N2CCOCC2)c1. The average Bonchev–Trinajstić information content (AvgIpc) is 2.62. The van der Waals surface area contributed by atoms with Crippen LogP contribution in [0.1, 0.15) is 25.2 Å². The molecule has 0 saturated carbocycles. The molecule has 124 valence electrons. The maximum Gasteiger partial charge on any atom is 0.0958 e. The zero-order valence-corrected chi connectivity index (χ0v) is 14.4. The fourth-order valence-corrected chi connectivity index (χ4v) is 2.97. The van der Waals surface area contributed by atoms with E-state index < -0.39 is 5.41 Å².